The maximum Gasteiger partial charge on any atom is 0.287 e. The van der Waals surface area contributed by atoms with E-state index in [0.29, 0.717) is 51.4 Å². The minimum absolute atomic E-state index is 0.230. The van der Waals surface area contributed by atoms with Crippen molar-refractivity contribution < 1.29 is 23.2 Å². The second-order valence-electron chi connectivity index (χ2n) is 7.43. The Hall–Kier alpha value is -3.23. The molecule has 10 heteroatoms. The number of aryl methyl sites for hydroxylation is 1. The molecule has 0 aliphatic heterocycles. The SMILES string of the molecule is Cc1c(C(=O)NCc2ccco2)oc2c1/C(=N/NC(=O)COc1ccc(Cl)cc1Cl)CCC2. The van der Waals surface area contributed by atoms with E-state index in [2.05, 4.69) is 15.8 Å². The quantitative estimate of drug-likeness (QED) is 0.469. The lowest BCUT2D eigenvalue weighted by Crippen LogP contribution is -2.27. The first-order valence-corrected chi connectivity index (χ1v) is 11.0. The lowest BCUT2D eigenvalue weighted by Gasteiger charge is -2.13. The summed E-state index contributed by atoms with van der Waals surface area (Å²) in [5.74, 6) is 1.12. The average Bonchev–Trinajstić information content (AvgIpc) is 3.44. The van der Waals surface area contributed by atoms with Crippen molar-refractivity contribution in [3.8, 4) is 5.75 Å². The molecule has 0 bridgehead atoms. The number of carbonyl (C=O) groups excluding carboxylic acids is 2. The van der Waals surface area contributed by atoms with Gasteiger partial charge in [-0.1, -0.05) is 23.2 Å². The van der Waals surface area contributed by atoms with Crippen molar-refractivity contribution in [2.45, 2.75) is 32.7 Å². The standard InChI is InChI=1S/C23H21Cl2N3O5/c1-13-21-17(27-28-20(29)12-32-18-8-7-14(24)10-16(18)25)5-2-6-19(21)33-22(13)23(30)26-11-15-4-3-9-31-15/h3-4,7-10H,2,5-6,11-12H2,1H3,(H,26,30)(H,28,29)/b27-17+. The normalized spacial score (nSPS) is 14.1. The van der Waals surface area contributed by atoms with Gasteiger partial charge < -0.3 is 18.9 Å². The molecule has 1 aliphatic carbocycles. The molecule has 0 spiro atoms. The molecule has 8 nitrogen and oxygen atoms in total. The van der Waals surface area contributed by atoms with Gasteiger partial charge in [0.2, 0.25) is 0 Å². The number of hydrogen-bond acceptors (Lipinski definition) is 6. The third-order valence-electron chi connectivity index (χ3n) is 5.10. The Balaban J connectivity index is 1.41. The van der Waals surface area contributed by atoms with Gasteiger partial charge in [0.15, 0.2) is 12.4 Å². The maximum atomic E-state index is 12.6. The Labute approximate surface area is 199 Å². The largest absolute Gasteiger partial charge is 0.482 e. The molecule has 0 unspecified atom stereocenters. The molecule has 2 aromatic heterocycles. The molecular weight excluding hydrogens is 469 g/mol. The van der Waals surface area contributed by atoms with E-state index in [1.165, 1.54) is 6.07 Å². The molecule has 0 fully saturated rings. The van der Waals surface area contributed by atoms with Crippen LogP contribution in [0.25, 0.3) is 0 Å². The fraction of sp³-hybridized carbons (Fsp3) is 0.261. The zero-order valence-electron chi connectivity index (χ0n) is 17.7. The fourth-order valence-corrected chi connectivity index (χ4v) is 4.02. The summed E-state index contributed by atoms with van der Waals surface area (Å²) in [5, 5.41) is 7.84. The van der Waals surface area contributed by atoms with Crippen molar-refractivity contribution in [1.82, 2.24) is 10.7 Å². The van der Waals surface area contributed by atoms with Crippen LogP contribution < -0.4 is 15.5 Å². The smallest absolute Gasteiger partial charge is 0.287 e. The fourth-order valence-electron chi connectivity index (χ4n) is 3.56. The van der Waals surface area contributed by atoms with Crippen molar-refractivity contribution in [3.63, 3.8) is 0 Å². The summed E-state index contributed by atoms with van der Waals surface area (Å²) in [4.78, 5) is 24.9. The highest BCUT2D eigenvalue weighted by molar-refractivity contribution is 6.35. The monoisotopic (exact) mass is 489 g/mol. The van der Waals surface area contributed by atoms with Gasteiger partial charge in [-0.3, -0.25) is 9.59 Å². The Kier molecular flexibility index (Phi) is 7.05. The Morgan fingerprint density at radius 1 is 1.21 bits per heavy atom. The van der Waals surface area contributed by atoms with Gasteiger partial charge in [0.25, 0.3) is 11.8 Å². The van der Waals surface area contributed by atoms with Crippen LogP contribution in [0.3, 0.4) is 0 Å². The number of nitrogens with one attached hydrogen (secondary N) is 2. The van der Waals surface area contributed by atoms with Gasteiger partial charge in [-0.25, -0.2) is 5.43 Å². The summed E-state index contributed by atoms with van der Waals surface area (Å²) >= 11 is 11.9. The van der Waals surface area contributed by atoms with Crippen LogP contribution in [0.4, 0.5) is 0 Å². The van der Waals surface area contributed by atoms with Gasteiger partial charge in [-0.2, -0.15) is 5.10 Å². The van der Waals surface area contributed by atoms with Gasteiger partial charge in [0, 0.05) is 22.6 Å². The van der Waals surface area contributed by atoms with E-state index in [9.17, 15) is 9.59 Å². The third-order valence-corrected chi connectivity index (χ3v) is 5.63. The van der Waals surface area contributed by atoms with Crippen LogP contribution in [0.2, 0.25) is 10.0 Å². The second kappa shape index (κ2) is 10.1. The van der Waals surface area contributed by atoms with Crippen LogP contribution in [0.1, 0.15) is 46.0 Å². The first kappa shape index (κ1) is 22.9. The van der Waals surface area contributed by atoms with Crippen LogP contribution in [-0.2, 0) is 17.8 Å². The van der Waals surface area contributed by atoms with E-state index in [-0.39, 0.29) is 24.8 Å². The number of halogens is 2. The zero-order valence-corrected chi connectivity index (χ0v) is 19.3. The highest BCUT2D eigenvalue weighted by Crippen LogP contribution is 2.30. The first-order valence-electron chi connectivity index (χ1n) is 10.3. The molecule has 1 aliphatic rings. The number of rotatable bonds is 7. The number of ether oxygens (including phenoxy) is 1. The van der Waals surface area contributed by atoms with Crippen LogP contribution in [0.5, 0.6) is 5.75 Å². The van der Waals surface area contributed by atoms with E-state index < -0.39 is 5.91 Å². The van der Waals surface area contributed by atoms with Gasteiger partial charge in [0.05, 0.1) is 23.5 Å². The molecule has 0 atom stereocenters. The summed E-state index contributed by atoms with van der Waals surface area (Å²) in [7, 11) is 0. The molecule has 2 N–H and O–H groups in total. The van der Waals surface area contributed by atoms with Crippen LogP contribution in [0, 0.1) is 6.92 Å². The number of nitrogens with zero attached hydrogens (tertiary/aromatic N) is 1. The van der Waals surface area contributed by atoms with Crippen molar-refractivity contribution in [2.75, 3.05) is 6.61 Å². The van der Waals surface area contributed by atoms with E-state index in [1.807, 2.05) is 0 Å². The zero-order chi connectivity index (χ0) is 23.4. The molecule has 2 heterocycles. The Morgan fingerprint density at radius 2 is 2.06 bits per heavy atom. The highest BCUT2D eigenvalue weighted by atomic mass is 35.5. The van der Waals surface area contributed by atoms with E-state index in [1.54, 1.807) is 37.5 Å². The Bertz CT molecular complexity index is 1200. The molecule has 1 aromatic carbocycles. The average molecular weight is 490 g/mol. The van der Waals surface area contributed by atoms with Crippen LogP contribution >= 0.6 is 23.2 Å². The molecule has 0 saturated heterocycles. The summed E-state index contributed by atoms with van der Waals surface area (Å²) in [6.45, 7) is 1.79. The second-order valence-corrected chi connectivity index (χ2v) is 8.27. The van der Waals surface area contributed by atoms with Gasteiger partial charge in [-0.05, 0) is 50.1 Å². The van der Waals surface area contributed by atoms with Crippen LogP contribution in [-0.4, -0.2) is 24.1 Å². The number of benzene rings is 1. The number of hydrogen-bond donors (Lipinski definition) is 2. The molecule has 2 amide bonds. The predicted octanol–water partition coefficient (Wildman–Crippen LogP) is 4.65. The molecule has 172 valence electrons. The molecule has 0 saturated carbocycles. The summed E-state index contributed by atoms with van der Waals surface area (Å²) in [5.41, 5.74) is 4.59. The highest BCUT2D eigenvalue weighted by Gasteiger charge is 2.28. The van der Waals surface area contributed by atoms with Crippen molar-refractivity contribution in [1.29, 1.82) is 0 Å². The topological polar surface area (TPSA) is 106 Å². The van der Waals surface area contributed by atoms with Gasteiger partial charge in [-0.15, -0.1) is 0 Å². The molecule has 3 aromatic rings. The molecule has 33 heavy (non-hydrogen) atoms. The summed E-state index contributed by atoms with van der Waals surface area (Å²) < 4.78 is 16.5. The van der Waals surface area contributed by atoms with E-state index >= 15 is 0 Å². The van der Waals surface area contributed by atoms with Crippen molar-refractivity contribution >= 4 is 40.7 Å². The number of hydrazone groups is 1. The first-order chi connectivity index (χ1) is 15.9. The number of fused-ring (bicyclic) bond motifs is 1. The predicted molar refractivity (Wildman–Crippen MR) is 123 cm³/mol. The number of furan rings is 2. The molecule has 4 rings (SSSR count). The van der Waals surface area contributed by atoms with E-state index in [4.69, 9.17) is 36.8 Å². The number of carbonyl (C=O) groups is 2. The summed E-state index contributed by atoms with van der Waals surface area (Å²) in [6, 6.07) is 8.27. The Morgan fingerprint density at radius 3 is 2.82 bits per heavy atom. The van der Waals surface area contributed by atoms with Gasteiger partial charge in [0.1, 0.15) is 17.3 Å². The van der Waals surface area contributed by atoms with Crippen molar-refractivity contribution in [3.05, 3.63) is 75.0 Å². The molecular formula is C23H21Cl2N3O5. The van der Waals surface area contributed by atoms with Crippen molar-refractivity contribution in [2.24, 2.45) is 5.10 Å². The van der Waals surface area contributed by atoms with E-state index in [0.717, 1.165) is 12.0 Å². The summed E-state index contributed by atoms with van der Waals surface area (Å²) in [6.07, 6.45) is 3.67. The maximum absolute atomic E-state index is 12.6. The van der Waals surface area contributed by atoms with Crippen LogP contribution in [0.15, 0.2) is 50.5 Å². The van der Waals surface area contributed by atoms with Gasteiger partial charge >= 0.3 is 0 Å². The lowest BCUT2D eigenvalue weighted by atomic mass is 9.93. The minimum atomic E-state index is -0.446. The number of amides is 2. The lowest BCUT2D eigenvalue weighted by molar-refractivity contribution is -0.123. The minimum Gasteiger partial charge on any atom is -0.482 e. The molecule has 0 radical (unpaired) electrons. The third kappa shape index (κ3) is 5.40.